The van der Waals surface area contributed by atoms with Crippen LogP contribution in [-0.2, 0) is 0 Å². The zero-order valence-electron chi connectivity index (χ0n) is 12.8. The van der Waals surface area contributed by atoms with E-state index in [0.717, 1.165) is 23.0 Å². The molecule has 20 heavy (non-hydrogen) atoms. The summed E-state index contributed by atoms with van der Waals surface area (Å²) in [5, 5.41) is 0. The molecule has 4 bridgehead atoms. The van der Waals surface area contributed by atoms with Crippen molar-refractivity contribution in [2.45, 2.75) is 64.2 Å². The molecule has 0 aromatic carbocycles. The third kappa shape index (κ3) is 1.38. The second-order valence-corrected chi connectivity index (χ2v) is 9.30. The quantitative estimate of drug-likeness (QED) is 0.411. The zero-order valence-corrected chi connectivity index (χ0v) is 13.7. The molecule has 0 aromatic rings. The molecular formula is C19H30S. The van der Waals surface area contributed by atoms with E-state index >= 15 is 0 Å². The number of unbranched alkanes of at least 4 members (excludes halogenated alkanes) is 1. The normalized spacial score (nSPS) is 58.4. The smallest absolute Gasteiger partial charge is 0.00979 e. The Morgan fingerprint density at radius 1 is 0.900 bits per heavy atom. The Kier molecular flexibility index (Phi) is 2.85. The largest absolute Gasteiger partial charge is 0.179 e. The van der Waals surface area contributed by atoms with Crippen LogP contribution in [-0.4, -0.2) is 5.75 Å². The minimum Gasteiger partial charge on any atom is -0.179 e. The molecule has 0 amide bonds. The standard InChI is InChI=1S/C19H30S/c20-9-2-1-8-19-13-7-6-12(10-13)18(19)16-11-17(19)15-5-3-4-14(15)16/h12-18,20H,1-11H2. The van der Waals surface area contributed by atoms with E-state index in [2.05, 4.69) is 12.6 Å². The summed E-state index contributed by atoms with van der Waals surface area (Å²) >= 11 is 4.46. The van der Waals surface area contributed by atoms with E-state index < -0.39 is 0 Å². The molecule has 0 nitrogen and oxygen atoms in total. The Morgan fingerprint density at radius 3 is 2.70 bits per heavy atom. The van der Waals surface area contributed by atoms with Gasteiger partial charge in [-0.05, 0) is 104 Å². The zero-order chi connectivity index (χ0) is 13.3. The predicted molar refractivity (Wildman–Crippen MR) is 86.9 cm³/mol. The maximum absolute atomic E-state index is 4.46. The predicted octanol–water partition coefficient (Wildman–Crippen LogP) is 5.19. The molecule has 0 saturated heterocycles. The Balaban J connectivity index is 1.50. The second-order valence-electron chi connectivity index (χ2n) is 8.85. The summed E-state index contributed by atoms with van der Waals surface area (Å²) in [4.78, 5) is 0. The van der Waals surface area contributed by atoms with E-state index in [1.807, 2.05) is 0 Å². The first-order valence-corrected chi connectivity index (χ1v) is 10.1. The van der Waals surface area contributed by atoms with Gasteiger partial charge in [0, 0.05) is 0 Å². The third-order valence-electron chi connectivity index (χ3n) is 8.75. The average Bonchev–Trinajstić information content (AvgIpc) is 3.21. The van der Waals surface area contributed by atoms with Crippen molar-refractivity contribution in [1.29, 1.82) is 0 Å². The molecular weight excluding hydrogens is 260 g/mol. The summed E-state index contributed by atoms with van der Waals surface area (Å²) in [5.74, 6) is 9.30. The number of fused-ring (bicyclic) bond motifs is 12. The highest BCUT2D eigenvalue weighted by Crippen LogP contribution is 2.79. The maximum atomic E-state index is 4.46. The van der Waals surface area contributed by atoms with Crippen LogP contribution >= 0.6 is 12.6 Å². The van der Waals surface area contributed by atoms with E-state index in [0.29, 0.717) is 0 Å². The highest BCUT2D eigenvalue weighted by molar-refractivity contribution is 7.80. The summed E-state index contributed by atoms with van der Waals surface area (Å²) in [6.45, 7) is 0. The van der Waals surface area contributed by atoms with Gasteiger partial charge < -0.3 is 0 Å². The van der Waals surface area contributed by atoms with E-state index in [-0.39, 0.29) is 0 Å². The summed E-state index contributed by atoms with van der Waals surface area (Å²) in [6, 6.07) is 0. The molecule has 8 unspecified atom stereocenters. The Hall–Kier alpha value is 0.350. The molecule has 0 spiro atoms. The molecule has 5 fully saturated rings. The Morgan fingerprint density at radius 2 is 1.80 bits per heavy atom. The van der Waals surface area contributed by atoms with Gasteiger partial charge in [0.15, 0.2) is 0 Å². The topological polar surface area (TPSA) is 0 Å². The van der Waals surface area contributed by atoms with Crippen molar-refractivity contribution in [2.24, 2.45) is 46.8 Å². The molecule has 5 rings (SSSR count). The van der Waals surface area contributed by atoms with Crippen molar-refractivity contribution < 1.29 is 0 Å². The van der Waals surface area contributed by atoms with Crippen molar-refractivity contribution in [3.63, 3.8) is 0 Å². The van der Waals surface area contributed by atoms with Gasteiger partial charge in [0.1, 0.15) is 0 Å². The second kappa shape index (κ2) is 4.43. The molecule has 8 atom stereocenters. The van der Waals surface area contributed by atoms with Crippen molar-refractivity contribution in [1.82, 2.24) is 0 Å². The van der Waals surface area contributed by atoms with Gasteiger partial charge in [0.05, 0.1) is 0 Å². The van der Waals surface area contributed by atoms with Gasteiger partial charge >= 0.3 is 0 Å². The van der Waals surface area contributed by atoms with Crippen LogP contribution in [0.3, 0.4) is 0 Å². The Labute approximate surface area is 129 Å². The van der Waals surface area contributed by atoms with Crippen molar-refractivity contribution >= 4 is 12.6 Å². The number of hydrogen-bond acceptors (Lipinski definition) is 1. The van der Waals surface area contributed by atoms with Crippen molar-refractivity contribution in [3.05, 3.63) is 0 Å². The highest BCUT2D eigenvalue weighted by atomic mass is 32.1. The van der Waals surface area contributed by atoms with Gasteiger partial charge in [-0.15, -0.1) is 0 Å². The van der Waals surface area contributed by atoms with Crippen LogP contribution in [0, 0.1) is 46.8 Å². The summed E-state index contributed by atoms with van der Waals surface area (Å²) in [7, 11) is 0. The molecule has 0 radical (unpaired) electrons. The highest BCUT2D eigenvalue weighted by Gasteiger charge is 2.72. The molecule has 0 heterocycles. The van der Waals surface area contributed by atoms with Crippen LogP contribution < -0.4 is 0 Å². The van der Waals surface area contributed by atoms with Crippen LogP contribution in [0.5, 0.6) is 0 Å². The van der Waals surface area contributed by atoms with Crippen LogP contribution in [0.2, 0.25) is 0 Å². The SMILES string of the molecule is SCCCCC12C3CCC(C3)C1C1CC2C2CCCC21. The van der Waals surface area contributed by atoms with Gasteiger partial charge in [-0.1, -0.05) is 12.8 Å². The Bertz CT molecular complexity index is 405. The summed E-state index contributed by atoms with van der Waals surface area (Å²) < 4.78 is 0. The fourth-order valence-electron chi connectivity index (χ4n) is 8.66. The first kappa shape index (κ1) is 12.9. The molecule has 5 aliphatic carbocycles. The van der Waals surface area contributed by atoms with Gasteiger partial charge in [-0.2, -0.15) is 12.6 Å². The van der Waals surface area contributed by atoms with E-state index in [9.17, 15) is 0 Å². The monoisotopic (exact) mass is 290 g/mol. The fourth-order valence-corrected chi connectivity index (χ4v) is 8.88. The summed E-state index contributed by atoms with van der Waals surface area (Å²) in [6.07, 6.45) is 15.7. The minimum absolute atomic E-state index is 0.849. The lowest BCUT2D eigenvalue weighted by Gasteiger charge is -2.51. The number of rotatable bonds is 4. The van der Waals surface area contributed by atoms with Gasteiger partial charge in [0.2, 0.25) is 0 Å². The lowest BCUT2D eigenvalue weighted by Crippen LogP contribution is -2.46. The fraction of sp³-hybridized carbons (Fsp3) is 1.00. The first-order valence-electron chi connectivity index (χ1n) is 9.47. The molecule has 112 valence electrons. The van der Waals surface area contributed by atoms with Crippen molar-refractivity contribution in [3.8, 4) is 0 Å². The van der Waals surface area contributed by atoms with Gasteiger partial charge in [0.25, 0.3) is 0 Å². The van der Waals surface area contributed by atoms with Gasteiger partial charge in [-0.25, -0.2) is 0 Å². The minimum atomic E-state index is 0.849. The lowest BCUT2D eigenvalue weighted by atomic mass is 9.53. The molecule has 1 heteroatoms. The average molecular weight is 291 g/mol. The number of thiol groups is 1. The summed E-state index contributed by atoms with van der Waals surface area (Å²) in [5.41, 5.74) is 0.849. The van der Waals surface area contributed by atoms with Gasteiger partial charge in [-0.3, -0.25) is 0 Å². The van der Waals surface area contributed by atoms with Crippen LogP contribution in [0.1, 0.15) is 64.2 Å². The van der Waals surface area contributed by atoms with Crippen molar-refractivity contribution in [2.75, 3.05) is 5.75 Å². The first-order chi connectivity index (χ1) is 9.86. The van der Waals surface area contributed by atoms with Crippen LogP contribution in [0.15, 0.2) is 0 Å². The lowest BCUT2D eigenvalue weighted by molar-refractivity contribution is -0.0373. The number of hydrogen-bond donors (Lipinski definition) is 1. The van der Waals surface area contributed by atoms with Crippen LogP contribution in [0.4, 0.5) is 0 Å². The molecule has 0 aliphatic heterocycles. The third-order valence-corrected chi connectivity index (χ3v) is 9.07. The molecule has 0 aromatic heterocycles. The maximum Gasteiger partial charge on any atom is -0.00979 e. The van der Waals surface area contributed by atoms with Crippen LogP contribution in [0.25, 0.3) is 0 Å². The van der Waals surface area contributed by atoms with E-state index in [1.165, 1.54) is 42.4 Å². The van der Waals surface area contributed by atoms with E-state index in [4.69, 9.17) is 0 Å². The molecule has 0 N–H and O–H groups in total. The molecule has 5 saturated carbocycles. The molecule has 5 aliphatic rings. The van der Waals surface area contributed by atoms with E-state index in [1.54, 1.807) is 51.4 Å².